The molecule has 0 spiro atoms. The van der Waals surface area contributed by atoms with Crippen LogP contribution in [0.2, 0.25) is 0 Å². The first kappa shape index (κ1) is 46.2. The van der Waals surface area contributed by atoms with Gasteiger partial charge in [0.05, 0.1) is 16.2 Å². The molecule has 9 heteroatoms. The molecule has 0 heterocycles. The van der Waals surface area contributed by atoms with Crippen LogP contribution in [0, 0.1) is 39.9 Å². The van der Waals surface area contributed by atoms with Gasteiger partial charge >= 0.3 is 24.1 Å². The van der Waals surface area contributed by atoms with E-state index < -0.39 is 63.5 Å². The van der Waals surface area contributed by atoms with Crippen molar-refractivity contribution in [2.45, 2.75) is 204 Å². The molecule has 0 aromatic carbocycles. The Bertz CT molecular complexity index is 1120. The van der Waals surface area contributed by atoms with Crippen molar-refractivity contribution >= 4 is 17.9 Å². The number of hydrogen-bond acceptors (Lipinski definition) is 6. The summed E-state index contributed by atoms with van der Waals surface area (Å²) in [6.45, 7) is 27.9. The average Bonchev–Trinajstić information content (AvgIpc) is 2.95. The summed E-state index contributed by atoms with van der Waals surface area (Å²) in [4.78, 5) is 43.6. The van der Waals surface area contributed by atoms with Crippen LogP contribution in [0.25, 0.3) is 0 Å². The van der Waals surface area contributed by atoms with Gasteiger partial charge in [-0.15, -0.1) is 0 Å². The fourth-order valence-corrected chi connectivity index (χ4v) is 7.24. The van der Waals surface area contributed by atoms with Gasteiger partial charge in [-0.25, -0.2) is 0 Å². The summed E-state index contributed by atoms with van der Waals surface area (Å²) in [5, 5.41) is 0. The van der Waals surface area contributed by atoms with Crippen LogP contribution in [0.5, 0.6) is 0 Å². The van der Waals surface area contributed by atoms with E-state index in [-0.39, 0.29) is 43.0 Å². The lowest BCUT2D eigenvalue weighted by atomic mass is 9.54. The highest BCUT2D eigenvalue weighted by Gasteiger charge is 2.59. The van der Waals surface area contributed by atoms with E-state index in [1.807, 2.05) is 69.2 Å². The minimum Gasteiger partial charge on any atom is -0.459 e. The van der Waals surface area contributed by atoms with Crippen LogP contribution >= 0.6 is 0 Å². The zero-order valence-corrected chi connectivity index (χ0v) is 34.4. The summed E-state index contributed by atoms with van der Waals surface area (Å²) >= 11 is 0. The van der Waals surface area contributed by atoms with E-state index in [0.29, 0.717) is 6.42 Å². The van der Waals surface area contributed by atoms with E-state index in [9.17, 15) is 27.6 Å². The summed E-state index contributed by atoms with van der Waals surface area (Å²) in [6, 6.07) is 0. The first-order valence-corrected chi connectivity index (χ1v) is 19.3. The zero-order chi connectivity index (χ0) is 39.1. The normalized spacial score (nSPS) is 20.6. The summed E-state index contributed by atoms with van der Waals surface area (Å²) in [6.07, 6.45) is 2.34. The molecule has 1 aliphatic rings. The molecule has 0 aliphatic heterocycles. The molecular formula is C41H73F3O6. The Kier molecular flexibility index (Phi) is 16.0. The minimum atomic E-state index is -4.30. The van der Waals surface area contributed by atoms with E-state index in [0.717, 1.165) is 38.5 Å². The van der Waals surface area contributed by atoms with Gasteiger partial charge in [0.25, 0.3) is 0 Å². The van der Waals surface area contributed by atoms with Crippen molar-refractivity contribution in [3.63, 3.8) is 0 Å². The number of carbonyl (C=O) groups excluding carboxylic acids is 3. The molecule has 1 rings (SSSR count). The van der Waals surface area contributed by atoms with Crippen molar-refractivity contribution in [3.05, 3.63) is 0 Å². The first-order chi connectivity index (χ1) is 22.6. The van der Waals surface area contributed by atoms with Gasteiger partial charge in [-0.3, -0.25) is 14.4 Å². The van der Waals surface area contributed by atoms with Gasteiger partial charge in [0, 0.05) is 6.42 Å². The summed E-state index contributed by atoms with van der Waals surface area (Å²) in [7, 11) is 0. The third-order valence-electron chi connectivity index (χ3n) is 13.0. The smallest absolute Gasteiger partial charge is 0.389 e. The molecule has 294 valence electrons. The highest BCUT2D eigenvalue weighted by molar-refractivity contribution is 5.84. The standard InChI is InChI=1S/C41H73F3O6/c1-16-40(24-20-18-17-19-21-25-40)50-32(45)37(13,29(4)5)27-38(14,33(46)49-36(11,12)28(2)3)31(8)39(15,30(6)7)34(47)48-35(9,10)23-22-26-41(42,43)44/h28-31H,16-27H2,1-15H3. The second-order valence-electron chi connectivity index (χ2n) is 18.3. The number of esters is 3. The Hall–Kier alpha value is -1.80. The topological polar surface area (TPSA) is 78.9 Å². The first-order valence-electron chi connectivity index (χ1n) is 19.3. The van der Waals surface area contributed by atoms with Crippen molar-refractivity contribution < 1.29 is 41.8 Å². The van der Waals surface area contributed by atoms with Gasteiger partial charge in [-0.1, -0.05) is 74.7 Å². The molecule has 0 bridgehead atoms. The van der Waals surface area contributed by atoms with E-state index in [1.165, 1.54) is 6.42 Å². The van der Waals surface area contributed by atoms with Crippen LogP contribution in [-0.2, 0) is 28.6 Å². The molecule has 4 atom stereocenters. The molecule has 0 saturated heterocycles. The van der Waals surface area contributed by atoms with Gasteiger partial charge in [-0.2, -0.15) is 13.2 Å². The van der Waals surface area contributed by atoms with Crippen LogP contribution in [0.15, 0.2) is 0 Å². The summed E-state index contributed by atoms with van der Waals surface area (Å²) in [5.41, 5.74) is -6.34. The number of ether oxygens (including phenoxy) is 3. The largest absolute Gasteiger partial charge is 0.459 e. The van der Waals surface area contributed by atoms with Crippen LogP contribution in [0.1, 0.15) is 181 Å². The van der Waals surface area contributed by atoms with Crippen LogP contribution in [0.3, 0.4) is 0 Å². The Labute approximate surface area is 303 Å². The van der Waals surface area contributed by atoms with E-state index >= 15 is 0 Å². The highest BCUT2D eigenvalue weighted by atomic mass is 19.4. The Balaban J connectivity index is 3.76. The lowest BCUT2D eigenvalue weighted by molar-refractivity contribution is -0.197. The minimum absolute atomic E-state index is 0.0184. The molecule has 0 aromatic heterocycles. The number of halogens is 3. The quantitative estimate of drug-likeness (QED) is 0.110. The molecule has 50 heavy (non-hydrogen) atoms. The number of alkyl halides is 3. The fourth-order valence-electron chi connectivity index (χ4n) is 7.24. The van der Waals surface area contributed by atoms with Crippen molar-refractivity contribution in [2.24, 2.45) is 39.9 Å². The molecule has 6 nitrogen and oxygen atoms in total. The number of carbonyl (C=O) groups is 3. The predicted octanol–water partition coefficient (Wildman–Crippen LogP) is 11.8. The second-order valence-corrected chi connectivity index (χ2v) is 18.3. The van der Waals surface area contributed by atoms with Crippen LogP contribution in [0.4, 0.5) is 13.2 Å². The highest BCUT2D eigenvalue weighted by Crippen LogP contribution is 2.54. The maximum Gasteiger partial charge on any atom is 0.389 e. The monoisotopic (exact) mass is 719 g/mol. The zero-order valence-electron chi connectivity index (χ0n) is 34.4. The van der Waals surface area contributed by atoms with Crippen LogP contribution in [-0.4, -0.2) is 40.9 Å². The maximum absolute atomic E-state index is 14.7. The van der Waals surface area contributed by atoms with Gasteiger partial charge < -0.3 is 14.2 Å². The van der Waals surface area contributed by atoms with Crippen molar-refractivity contribution in [3.8, 4) is 0 Å². The summed E-state index contributed by atoms with van der Waals surface area (Å²) in [5.74, 6) is -2.73. The molecule has 0 amide bonds. The van der Waals surface area contributed by atoms with Crippen LogP contribution < -0.4 is 0 Å². The second kappa shape index (κ2) is 17.4. The number of hydrogen-bond donors (Lipinski definition) is 0. The van der Waals surface area contributed by atoms with Gasteiger partial charge in [0.15, 0.2) is 0 Å². The molecule has 0 aromatic rings. The molecule has 1 saturated carbocycles. The van der Waals surface area contributed by atoms with Crippen molar-refractivity contribution in [1.29, 1.82) is 0 Å². The van der Waals surface area contributed by atoms with Crippen molar-refractivity contribution in [1.82, 2.24) is 0 Å². The molecule has 1 aliphatic carbocycles. The van der Waals surface area contributed by atoms with Gasteiger partial charge in [-0.05, 0) is 124 Å². The third kappa shape index (κ3) is 11.6. The lowest BCUT2D eigenvalue weighted by Crippen LogP contribution is -2.56. The molecule has 0 N–H and O–H groups in total. The Morgan fingerprint density at radius 1 is 0.640 bits per heavy atom. The van der Waals surface area contributed by atoms with E-state index in [4.69, 9.17) is 14.2 Å². The van der Waals surface area contributed by atoms with Crippen molar-refractivity contribution in [2.75, 3.05) is 0 Å². The number of rotatable bonds is 17. The summed E-state index contributed by atoms with van der Waals surface area (Å²) < 4.78 is 57.7. The Morgan fingerprint density at radius 3 is 1.56 bits per heavy atom. The molecular weight excluding hydrogens is 645 g/mol. The predicted molar refractivity (Wildman–Crippen MR) is 194 cm³/mol. The fraction of sp³-hybridized carbons (Fsp3) is 0.927. The van der Waals surface area contributed by atoms with E-state index in [1.54, 1.807) is 27.7 Å². The Morgan fingerprint density at radius 2 is 1.14 bits per heavy atom. The SMILES string of the molecule is CCC1(OC(=O)C(C)(CC(C)(C(=O)OC(C)(C)C(C)C)C(C)C(C)(C(=O)OC(C)(C)CCCC(F)(F)F)C(C)C)C(C)C)CCCCCCC1. The lowest BCUT2D eigenvalue weighted by Gasteiger charge is -2.50. The van der Waals surface area contributed by atoms with Gasteiger partial charge in [0.2, 0.25) is 0 Å². The van der Waals surface area contributed by atoms with Gasteiger partial charge in [0.1, 0.15) is 16.8 Å². The molecule has 4 unspecified atom stereocenters. The third-order valence-corrected chi connectivity index (χ3v) is 13.0. The van der Waals surface area contributed by atoms with E-state index in [2.05, 4.69) is 6.92 Å². The molecule has 1 fully saturated rings. The maximum atomic E-state index is 14.7. The average molecular weight is 719 g/mol. The molecule has 0 radical (unpaired) electrons.